The molecule has 0 saturated heterocycles. The molecule has 0 saturated carbocycles. The molecule has 23 heavy (non-hydrogen) atoms. The monoisotopic (exact) mass is 344 g/mol. The van der Waals surface area contributed by atoms with E-state index in [9.17, 15) is 17.4 Å². The minimum atomic E-state index is -4.47. The van der Waals surface area contributed by atoms with Crippen LogP contribution < -0.4 is 0 Å². The van der Waals surface area contributed by atoms with Crippen LogP contribution in [0, 0.1) is 0 Å². The Morgan fingerprint density at radius 2 is 1.91 bits per heavy atom. The van der Waals surface area contributed by atoms with E-state index < -0.39 is 27.6 Å². The molecule has 2 heterocycles. The summed E-state index contributed by atoms with van der Waals surface area (Å²) in [6, 6.07) is 3.78. The molecule has 1 atom stereocenters. The molecule has 2 aromatic heterocycles. The highest BCUT2D eigenvalue weighted by molar-refractivity contribution is 7.85. The quantitative estimate of drug-likeness (QED) is 0.804. The Labute approximate surface area is 133 Å². The van der Waals surface area contributed by atoms with E-state index in [-0.39, 0.29) is 0 Å². The highest BCUT2D eigenvalue weighted by Gasteiger charge is 2.32. The maximum atomic E-state index is 12.5. The first kappa shape index (κ1) is 17.3. The van der Waals surface area contributed by atoms with Gasteiger partial charge in [-0.25, -0.2) is 13.9 Å². The topological polar surface area (TPSA) is 60.1 Å². The molecule has 0 unspecified atom stereocenters. The summed E-state index contributed by atoms with van der Waals surface area (Å²) in [5.74, 6) is 0. The molecule has 0 aliphatic heterocycles. The molecule has 0 amide bonds. The van der Waals surface area contributed by atoms with E-state index in [0.29, 0.717) is 11.4 Å². The first-order chi connectivity index (χ1) is 10.6. The van der Waals surface area contributed by atoms with Crippen molar-refractivity contribution in [2.24, 2.45) is 4.40 Å². The van der Waals surface area contributed by atoms with Gasteiger partial charge in [-0.05, 0) is 39.0 Å². The van der Waals surface area contributed by atoms with Crippen molar-refractivity contribution in [3.8, 4) is 5.69 Å². The molecule has 2 rings (SSSR count). The molecular formula is C14H15F3N4OS. The third-order valence-corrected chi connectivity index (χ3v) is 4.06. The maximum Gasteiger partial charge on any atom is 0.433 e. The van der Waals surface area contributed by atoms with Gasteiger partial charge in [0.05, 0.1) is 22.8 Å². The van der Waals surface area contributed by atoms with Crippen LogP contribution in [0.15, 0.2) is 35.0 Å². The van der Waals surface area contributed by atoms with Crippen molar-refractivity contribution in [1.82, 2.24) is 14.8 Å². The molecule has 9 heteroatoms. The number of halogens is 3. The zero-order valence-electron chi connectivity index (χ0n) is 12.7. The number of nitrogens with zero attached hydrogens (tertiary/aromatic N) is 4. The van der Waals surface area contributed by atoms with E-state index in [0.717, 1.165) is 12.3 Å². The Bertz CT molecular complexity index is 730. The van der Waals surface area contributed by atoms with Crippen LogP contribution in [-0.2, 0) is 17.2 Å². The first-order valence-corrected chi connectivity index (χ1v) is 7.73. The minimum Gasteiger partial charge on any atom is -0.250 e. The summed E-state index contributed by atoms with van der Waals surface area (Å²) < 4.78 is 54.0. The third-order valence-electron chi connectivity index (χ3n) is 2.72. The van der Waals surface area contributed by atoms with Crippen molar-refractivity contribution in [1.29, 1.82) is 0 Å². The Hall–Kier alpha value is -2.03. The number of hydrogen-bond donors (Lipinski definition) is 0. The van der Waals surface area contributed by atoms with Crippen LogP contribution >= 0.6 is 0 Å². The van der Waals surface area contributed by atoms with Crippen molar-refractivity contribution in [3.05, 3.63) is 42.0 Å². The van der Waals surface area contributed by atoms with Gasteiger partial charge < -0.3 is 0 Å². The highest BCUT2D eigenvalue weighted by Crippen LogP contribution is 2.27. The summed E-state index contributed by atoms with van der Waals surface area (Å²) in [4.78, 5) is 3.37. The van der Waals surface area contributed by atoms with E-state index in [1.807, 2.05) is 0 Å². The molecule has 0 N–H and O–H groups in total. The lowest BCUT2D eigenvalue weighted by atomic mass is 10.3. The Balaban J connectivity index is 2.16. The van der Waals surface area contributed by atoms with Crippen LogP contribution in [0.3, 0.4) is 0 Å². The maximum absolute atomic E-state index is 12.5. The second-order valence-corrected chi connectivity index (χ2v) is 7.61. The van der Waals surface area contributed by atoms with E-state index in [1.165, 1.54) is 17.0 Å². The standard InChI is InChI=1S/C14H15F3N4OS/c1-13(2,3)23(22)19-8-10-6-7-21(20-10)11-4-5-12(18-9-11)14(15,16)17/h4-9H,1-3H3/b19-8+/t23-/m1/s1. The van der Waals surface area contributed by atoms with Crippen LogP contribution in [0.5, 0.6) is 0 Å². The fourth-order valence-electron chi connectivity index (χ4n) is 1.50. The fraction of sp³-hybridized carbons (Fsp3) is 0.357. The second-order valence-electron chi connectivity index (χ2n) is 5.68. The summed E-state index contributed by atoms with van der Waals surface area (Å²) in [6.07, 6.45) is -0.456. The van der Waals surface area contributed by atoms with Crippen LogP contribution in [0.1, 0.15) is 32.2 Å². The molecular weight excluding hydrogens is 329 g/mol. The molecule has 5 nitrogen and oxygen atoms in total. The van der Waals surface area contributed by atoms with Gasteiger partial charge in [0.1, 0.15) is 22.4 Å². The number of aromatic nitrogens is 3. The lowest BCUT2D eigenvalue weighted by Gasteiger charge is -2.12. The van der Waals surface area contributed by atoms with Gasteiger partial charge in [-0.15, -0.1) is 0 Å². The smallest absolute Gasteiger partial charge is 0.250 e. The SMILES string of the molecule is CC(C)(C)[S@@](=O)/N=C/c1ccn(-c2ccc(C(F)(F)F)nc2)n1. The van der Waals surface area contributed by atoms with Crippen molar-refractivity contribution in [2.75, 3.05) is 0 Å². The Kier molecular flexibility index (Phi) is 4.69. The second kappa shape index (κ2) is 6.23. The molecule has 0 aliphatic carbocycles. The summed E-state index contributed by atoms with van der Waals surface area (Å²) in [5, 5.41) is 4.14. The highest BCUT2D eigenvalue weighted by atomic mass is 32.2. The number of rotatable bonds is 3. The minimum absolute atomic E-state index is 0.384. The average Bonchev–Trinajstić information content (AvgIpc) is 2.91. The molecule has 0 fully saturated rings. The zero-order chi connectivity index (χ0) is 17.3. The Morgan fingerprint density at radius 3 is 2.43 bits per heavy atom. The van der Waals surface area contributed by atoms with Gasteiger partial charge in [-0.1, -0.05) is 0 Å². The Morgan fingerprint density at radius 1 is 1.22 bits per heavy atom. The summed E-state index contributed by atoms with van der Waals surface area (Å²) >= 11 is 0. The number of alkyl halides is 3. The largest absolute Gasteiger partial charge is 0.433 e. The first-order valence-electron chi connectivity index (χ1n) is 6.63. The van der Waals surface area contributed by atoms with Crippen LogP contribution in [-0.4, -0.2) is 29.9 Å². The summed E-state index contributed by atoms with van der Waals surface area (Å²) in [6.45, 7) is 5.40. The predicted octanol–water partition coefficient (Wildman–Crippen LogP) is 3.17. The van der Waals surface area contributed by atoms with Crippen LogP contribution in [0.2, 0.25) is 0 Å². The van der Waals surface area contributed by atoms with E-state index in [1.54, 1.807) is 33.0 Å². The summed E-state index contributed by atoms with van der Waals surface area (Å²) in [7, 11) is -1.40. The molecule has 0 spiro atoms. The lowest BCUT2D eigenvalue weighted by Crippen LogP contribution is -2.19. The number of hydrogen-bond acceptors (Lipinski definition) is 3. The van der Waals surface area contributed by atoms with E-state index in [2.05, 4.69) is 14.5 Å². The van der Waals surface area contributed by atoms with Gasteiger partial charge in [0.2, 0.25) is 0 Å². The zero-order valence-corrected chi connectivity index (χ0v) is 13.5. The van der Waals surface area contributed by atoms with Gasteiger partial charge in [0, 0.05) is 6.20 Å². The summed E-state index contributed by atoms with van der Waals surface area (Å²) in [5.41, 5.74) is -0.132. The van der Waals surface area contributed by atoms with Gasteiger partial charge in [-0.3, -0.25) is 0 Å². The van der Waals surface area contributed by atoms with Crippen molar-refractivity contribution < 1.29 is 17.4 Å². The van der Waals surface area contributed by atoms with E-state index in [4.69, 9.17) is 0 Å². The fourth-order valence-corrected chi connectivity index (χ4v) is 2.02. The van der Waals surface area contributed by atoms with Crippen LogP contribution in [0.25, 0.3) is 5.69 Å². The van der Waals surface area contributed by atoms with Crippen molar-refractivity contribution in [3.63, 3.8) is 0 Å². The third kappa shape index (κ3) is 4.47. The van der Waals surface area contributed by atoms with Gasteiger partial charge >= 0.3 is 6.18 Å². The van der Waals surface area contributed by atoms with Gasteiger partial charge in [0.15, 0.2) is 0 Å². The molecule has 0 bridgehead atoms. The molecule has 2 aromatic rings. The normalized spacial score (nSPS) is 14.3. The molecule has 124 valence electrons. The average molecular weight is 344 g/mol. The van der Waals surface area contributed by atoms with E-state index >= 15 is 0 Å². The molecule has 0 aliphatic rings. The van der Waals surface area contributed by atoms with Gasteiger partial charge in [-0.2, -0.15) is 22.7 Å². The van der Waals surface area contributed by atoms with Gasteiger partial charge in [0.25, 0.3) is 0 Å². The van der Waals surface area contributed by atoms with Crippen LogP contribution in [0.4, 0.5) is 13.2 Å². The lowest BCUT2D eigenvalue weighted by molar-refractivity contribution is -0.141. The molecule has 0 radical (unpaired) electrons. The number of pyridine rings is 1. The molecule has 0 aromatic carbocycles. The van der Waals surface area contributed by atoms with Crippen molar-refractivity contribution >= 4 is 17.2 Å². The predicted molar refractivity (Wildman–Crippen MR) is 81.9 cm³/mol. The van der Waals surface area contributed by atoms with Crippen molar-refractivity contribution in [2.45, 2.75) is 31.7 Å².